The van der Waals surface area contributed by atoms with Crippen LogP contribution in [0.2, 0.25) is 0 Å². The molecular formula is C13H15NO3S2. The van der Waals surface area contributed by atoms with Crippen LogP contribution in [0.1, 0.15) is 23.4 Å². The van der Waals surface area contributed by atoms with Gasteiger partial charge in [-0.3, -0.25) is 0 Å². The molecule has 1 atom stereocenters. The second-order valence-corrected chi connectivity index (χ2v) is 6.87. The van der Waals surface area contributed by atoms with Crippen LogP contribution in [0.25, 0.3) is 0 Å². The van der Waals surface area contributed by atoms with Crippen LogP contribution in [0.5, 0.6) is 0 Å². The highest BCUT2D eigenvalue weighted by molar-refractivity contribution is 7.89. The van der Waals surface area contributed by atoms with Gasteiger partial charge in [0.1, 0.15) is 0 Å². The van der Waals surface area contributed by atoms with Gasteiger partial charge < -0.3 is 5.11 Å². The fourth-order valence-electron chi connectivity index (χ4n) is 1.69. The van der Waals surface area contributed by atoms with E-state index in [1.165, 1.54) is 22.8 Å². The molecule has 0 fully saturated rings. The van der Waals surface area contributed by atoms with Gasteiger partial charge >= 0.3 is 0 Å². The van der Waals surface area contributed by atoms with Crippen LogP contribution < -0.4 is 4.72 Å². The third kappa shape index (κ3) is 3.42. The van der Waals surface area contributed by atoms with Gasteiger partial charge in [-0.2, -0.15) is 0 Å². The van der Waals surface area contributed by atoms with Crippen LogP contribution in [-0.2, 0) is 16.6 Å². The summed E-state index contributed by atoms with van der Waals surface area (Å²) in [5.41, 5.74) is 0.906. The van der Waals surface area contributed by atoms with Crippen molar-refractivity contribution in [3.63, 3.8) is 0 Å². The monoisotopic (exact) mass is 297 g/mol. The smallest absolute Gasteiger partial charge is 0.241 e. The molecule has 1 heterocycles. The number of sulfonamides is 1. The van der Waals surface area contributed by atoms with Crippen molar-refractivity contribution in [2.45, 2.75) is 24.5 Å². The molecule has 0 saturated heterocycles. The fourth-order valence-corrected chi connectivity index (χ4v) is 4.06. The Balaban J connectivity index is 2.17. The summed E-state index contributed by atoms with van der Waals surface area (Å²) in [6.07, 6.45) is 0. The molecule has 2 aromatic rings. The molecule has 0 spiro atoms. The van der Waals surface area contributed by atoms with Crippen molar-refractivity contribution in [3.8, 4) is 0 Å². The van der Waals surface area contributed by atoms with Crippen LogP contribution in [0.3, 0.4) is 0 Å². The normalized spacial score (nSPS) is 13.4. The largest absolute Gasteiger partial charge is 0.391 e. The van der Waals surface area contributed by atoms with Crippen molar-refractivity contribution in [2.75, 3.05) is 0 Å². The van der Waals surface area contributed by atoms with Gasteiger partial charge in [-0.1, -0.05) is 30.3 Å². The van der Waals surface area contributed by atoms with Crippen LogP contribution >= 0.6 is 11.3 Å². The van der Waals surface area contributed by atoms with E-state index in [1.807, 2.05) is 30.3 Å². The summed E-state index contributed by atoms with van der Waals surface area (Å²) >= 11 is 1.23. The van der Waals surface area contributed by atoms with Gasteiger partial charge in [-0.15, -0.1) is 11.3 Å². The van der Waals surface area contributed by atoms with Gasteiger partial charge in [-0.25, -0.2) is 13.1 Å². The lowest BCUT2D eigenvalue weighted by molar-refractivity contribution is 0.285. The van der Waals surface area contributed by atoms with Crippen LogP contribution in [0.4, 0.5) is 0 Å². The number of aliphatic hydroxyl groups excluding tert-OH is 1. The Morgan fingerprint density at radius 1 is 1.32 bits per heavy atom. The maximum atomic E-state index is 12.2. The van der Waals surface area contributed by atoms with E-state index >= 15 is 0 Å². The molecule has 0 aliphatic rings. The van der Waals surface area contributed by atoms with Crippen molar-refractivity contribution >= 4 is 21.4 Å². The van der Waals surface area contributed by atoms with Crippen LogP contribution in [-0.4, -0.2) is 13.5 Å². The zero-order valence-electron chi connectivity index (χ0n) is 10.4. The first-order chi connectivity index (χ1) is 9.03. The van der Waals surface area contributed by atoms with Crippen molar-refractivity contribution < 1.29 is 13.5 Å². The molecule has 1 unspecified atom stereocenters. The zero-order chi connectivity index (χ0) is 13.9. The molecule has 1 aromatic heterocycles. The summed E-state index contributed by atoms with van der Waals surface area (Å²) in [7, 11) is -3.55. The van der Waals surface area contributed by atoms with Gasteiger partial charge in [0, 0.05) is 16.3 Å². The van der Waals surface area contributed by atoms with E-state index in [9.17, 15) is 8.42 Å². The van der Waals surface area contributed by atoms with E-state index < -0.39 is 10.0 Å². The quantitative estimate of drug-likeness (QED) is 0.890. The number of benzene rings is 1. The molecule has 1 aromatic carbocycles. The Morgan fingerprint density at radius 2 is 2.00 bits per heavy atom. The van der Waals surface area contributed by atoms with E-state index in [-0.39, 0.29) is 17.5 Å². The topological polar surface area (TPSA) is 66.4 Å². The lowest BCUT2D eigenvalue weighted by atomic mass is 10.1. The number of thiophene rings is 1. The Labute approximate surface area is 116 Å². The summed E-state index contributed by atoms with van der Waals surface area (Å²) in [5.74, 6) is 0. The van der Waals surface area contributed by atoms with Crippen molar-refractivity contribution in [3.05, 3.63) is 52.2 Å². The van der Waals surface area contributed by atoms with Crippen molar-refractivity contribution in [2.24, 2.45) is 0 Å². The van der Waals surface area contributed by atoms with Crippen LogP contribution in [0.15, 0.2) is 46.7 Å². The number of rotatable bonds is 5. The predicted octanol–water partition coefficient (Wildman–Crippen LogP) is 2.28. The van der Waals surface area contributed by atoms with Gasteiger partial charge in [0.2, 0.25) is 10.0 Å². The Bertz CT molecular complexity index is 635. The molecular weight excluding hydrogens is 282 g/mol. The predicted molar refractivity (Wildman–Crippen MR) is 75.4 cm³/mol. The fraction of sp³-hybridized carbons (Fsp3) is 0.231. The molecule has 0 bridgehead atoms. The molecule has 2 N–H and O–H groups in total. The van der Waals surface area contributed by atoms with Gasteiger partial charge in [-0.05, 0) is 18.6 Å². The number of nitrogens with one attached hydrogen (secondary N) is 1. The highest BCUT2D eigenvalue weighted by Crippen LogP contribution is 2.21. The summed E-state index contributed by atoms with van der Waals surface area (Å²) in [6.45, 7) is 1.65. The van der Waals surface area contributed by atoms with E-state index in [2.05, 4.69) is 4.72 Å². The highest BCUT2D eigenvalue weighted by atomic mass is 32.2. The first-order valence-electron chi connectivity index (χ1n) is 5.78. The molecule has 2 rings (SSSR count). The third-order valence-electron chi connectivity index (χ3n) is 2.73. The lowest BCUT2D eigenvalue weighted by Gasteiger charge is -2.13. The van der Waals surface area contributed by atoms with E-state index in [0.29, 0.717) is 4.88 Å². The Morgan fingerprint density at radius 3 is 2.58 bits per heavy atom. The zero-order valence-corrected chi connectivity index (χ0v) is 12.0. The summed E-state index contributed by atoms with van der Waals surface area (Å²) in [4.78, 5) is 0.831. The maximum Gasteiger partial charge on any atom is 0.241 e. The standard InChI is InChI=1S/C13H15NO3S2/c1-10(11-5-3-2-4-6-11)14-19(16,17)13-7-12(8-15)18-9-13/h2-7,9-10,14-15H,8H2,1H3. The van der Waals surface area contributed by atoms with Crippen molar-refractivity contribution in [1.29, 1.82) is 0 Å². The Hall–Kier alpha value is -1.21. The van der Waals surface area contributed by atoms with Crippen molar-refractivity contribution in [1.82, 2.24) is 4.72 Å². The highest BCUT2D eigenvalue weighted by Gasteiger charge is 2.19. The van der Waals surface area contributed by atoms with Gasteiger partial charge in [0.15, 0.2) is 0 Å². The molecule has 19 heavy (non-hydrogen) atoms. The second-order valence-electron chi connectivity index (χ2n) is 4.16. The molecule has 0 amide bonds. The summed E-state index contributed by atoms with van der Waals surface area (Å²) in [5, 5.41) is 10.5. The maximum absolute atomic E-state index is 12.2. The first-order valence-corrected chi connectivity index (χ1v) is 8.15. The second kappa shape index (κ2) is 5.83. The first kappa shape index (κ1) is 14.2. The number of hydrogen-bond acceptors (Lipinski definition) is 4. The minimum Gasteiger partial charge on any atom is -0.391 e. The molecule has 6 heteroatoms. The van der Waals surface area contributed by atoms with E-state index in [4.69, 9.17) is 5.11 Å². The third-order valence-corrected chi connectivity index (χ3v) is 5.32. The average molecular weight is 297 g/mol. The number of hydrogen-bond donors (Lipinski definition) is 2. The minimum atomic E-state index is -3.55. The van der Waals surface area contributed by atoms with Gasteiger partial charge in [0.25, 0.3) is 0 Å². The molecule has 4 nitrogen and oxygen atoms in total. The molecule has 0 saturated carbocycles. The lowest BCUT2D eigenvalue weighted by Crippen LogP contribution is -2.26. The SMILES string of the molecule is CC(NS(=O)(=O)c1csc(CO)c1)c1ccccc1. The molecule has 0 aliphatic heterocycles. The minimum absolute atomic E-state index is 0.144. The summed E-state index contributed by atoms with van der Waals surface area (Å²) in [6, 6.07) is 10.6. The van der Waals surface area contributed by atoms with E-state index in [0.717, 1.165) is 5.56 Å². The summed E-state index contributed by atoms with van der Waals surface area (Å²) < 4.78 is 26.9. The van der Waals surface area contributed by atoms with Crippen LogP contribution in [0, 0.1) is 0 Å². The molecule has 0 radical (unpaired) electrons. The average Bonchev–Trinajstić information content (AvgIpc) is 2.89. The van der Waals surface area contributed by atoms with E-state index in [1.54, 1.807) is 6.92 Å². The molecule has 0 aliphatic carbocycles. The molecule has 102 valence electrons. The van der Waals surface area contributed by atoms with Gasteiger partial charge in [0.05, 0.1) is 11.5 Å². The number of aliphatic hydroxyl groups is 1. The Kier molecular flexibility index (Phi) is 4.36.